The van der Waals surface area contributed by atoms with E-state index in [0.29, 0.717) is 21.9 Å². The van der Waals surface area contributed by atoms with Crippen LogP contribution in [0.1, 0.15) is 0 Å². The Hall–Kier alpha value is -1.73. The van der Waals surface area contributed by atoms with Crippen LogP contribution in [0.25, 0.3) is 16.9 Å². The lowest BCUT2D eigenvalue weighted by atomic mass is 10.2. The van der Waals surface area contributed by atoms with Crippen LogP contribution in [0.2, 0.25) is 0 Å². The van der Waals surface area contributed by atoms with E-state index in [1.165, 1.54) is 19.2 Å². The summed E-state index contributed by atoms with van der Waals surface area (Å²) < 4.78 is 21.6. The number of hydrogen-bond donors (Lipinski definition) is 1. The van der Waals surface area contributed by atoms with Crippen LogP contribution in [-0.4, -0.2) is 21.6 Å². The maximum absolute atomic E-state index is 13.3. The van der Waals surface area contributed by atoms with Crippen molar-refractivity contribution in [2.75, 3.05) is 7.11 Å². The highest BCUT2D eigenvalue weighted by Crippen LogP contribution is 2.28. The van der Waals surface area contributed by atoms with Crippen molar-refractivity contribution < 1.29 is 9.13 Å². The lowest BCUT2D eigenvalue weighted by molar-refractivity contribution is 0.409. The van der Waals surface area contributed by atoms with Gasteiger partial charge in [0, 0.05) is 16.7 Å². The van der Waals surface area contributed by atoms with Gasteiger partial charge in [-0.15, -0.1) is 0 Å². The molecule has 0 unspecified atom stereocenters. The topological polar surface area (TPSA) is 42.8 Å². The van der Waals surface area contributed by atoms with Crippen LogP contribution in [-0.2, 0) is 0 Å². The van der Waals surface area contributed by atoms with E-state index < -0.39 is 0 Å². The standard InChI is InChI=1S/C13H9BrFN3OS/c1-19-11-5-8(15)2-3-10(11)18-12-9(17-13(18)20)4-7(14)6-16-12/h2-6H,1H3,(H,17,20). The fourth-order valence-corrected chi connectivity index (χ4v) is 2.66. The number of ether oxygens (including phenoxy) is 1. The second kappa shape index (κ2) is 4.99. The molecule has 0 atom stereocenters. The van der Waals surface area contributed by atoms with Crippen molar-refractivity contribution in [1.82, 2.24) is 14.5 Å². The summed E-state index contributed by atoms with van der Waals surface area (Å²) in [5.41, 5.74) is 2.08. The Kier molecular flexibility index (Phi) is 3.31. The minimum absolute atomic E-state index is 0.368. The van der Waals surface area contributed by atoms with E-state index in [0.717, 1.165) is 9.99 Å². The van der Waals surface area contributed by atoms with E-state index in [1.54, 1.807) is 16.8 Å². The predicted octanol–water partition coefficient (Wildman–Crippen LogP) is 3.99. The van der Waals surface area contributed by atoms with Crippen LogP contribution in [0.4, 0.5) is 4.39 Å². The van der Waals surface area contributed by atoms with Gasteiger partial charge in [-0.1, -0.05) is 0 Å². The first-order chi connectivity index (χ1) is 9.60. The van der Waals surface area contributed by atoms with Crippen LogP contribution in [0, 0.1) is 10.6 Å². The van der Waals surface area contributed by atoms with E-state index in [1.807, 2.05) is 6.07 Å². The molecule has 0 aliphatic rings. The molecule has 0 radical (unpaired) electrons. The van der Waals surface area contributed by atoms with Crippen molar-refractivity contribution in [2.45, 2.75) is 0 Å². The molecule has 0 bridgehead atoms. The molecule has 1 N–H and O–H groups in total. The number of nitrogens with one attached hydrogen (secondary N) is 1. The maximum Gasteiger partial charge on any atom is 0.184 e. The van der Waals surface area contributed by atoms with Gasteiger partial charge in [0.05, 0.1) is 18.3 Å². The number of hydrogen-bond acceptors (Lipinski definition) is 3. The number of benzene rings is 1. The molecule has 1 aromatic carbocycles. The highest BCUT2D eigenvalue weighted by atomic mass is 79.9. The number of aromatic nitrogens is 3. The Morgan fingerprint density at radius 2 is 2.20 bits per heavy atom. The number of pyridine rings is 1. The van der Waals surface area contributed by atoms with Crippen molar-refractivity contribution in [3.63, 3.8) is 0 Å². The van der Waals surface area contributed by atoms with Crippen LogP contribution < -0.4 is 4.74 Å². The van der Waals surface area contributed by atoms with Gasteiger partial charge < -0.3 is 9.72 Å². The van der Waals surface area contributed by atoms with Gasteiger partial charge in [-0.2, -0.15) is 0 Å². The predicted molar refractivity (Wildman–Crippen MR) is 80.5 cm³/mol. The van der Waals surface area contributed by atoms with E-state index in [4.69, 9.17) is 17.0 Å². The monoisotopic (exact) mass is 353 g/mol. The minimum Gasteiger partial charge on any atom is -0.494 e. The summed E-state index contributed by atoms with van der Waals surface area (Å²) in [6.45, 7) is 0. The molecule has 7 heteroatoms. The zero-order valence-corrected chi connectivity index (χ0v) is 12.8. The largest absolute Gasteiger partial charge is 0.494 e. The summed E-state index contributed by atoms with van der Waals surface area (Å²) in [6, 6.07) is 6.16. The maximum atomic E-state index is 13.3. The van der Waals surface area contributed by atoms with Gasteiger partial charge in [0.1, 0.15) is 11.6 Å². The van der Waals surface area contributed by atoms with Crippen LogP contribution in [0.3, 0.4) is 0 Å². The fourth-order valence-electron chi connectivity index (χ4n) is 2.03. The smallest absolute Gasteiger partial charge is 0.184 e. The average Bonchev–Trinajstić information content (AvgIpc) is 2.73. The molecule has 20 heavy (non-hydrogen) atoms. The number of methoxy groups -OCH3 is 1. The number of halogens is 2. The number of H-pyrrole nitrogens is 1. The summed E-state index contributed by atoms with van der Waals surface area (Å²) in [4.78, 5) is 7.41. The second-order valence-electron chi connectivity index (χ2n) is 4.11. The van der Waals surface area contributed by atoms with Crippen molar-refractivity contribution in [3.8, 4) is 11.4 Å². The first kappa shape index (κ1) is 13.3. The first-order valence-electron chi connectivity index (χ1n) is 5.70. The lowest BCUT2D eigenvalue weighted by Crippen LogP contribution is -1.99. The summed E-state index contributed by atoms with van der Waals surface area (Å²) in [5, 5.41) is 0. The molecule has 3 rings (SSSR count). The van der Waals surface area contributed by atoms with Gasteiger partial charge in [-0.25, -0.2) is 9.37 Å². The van der Waals surface area contributed by atoms with Gasteiger partial charge in [0.15, 0.2) is 10.4 Å². The van der Waals surface area contributed by atoms with Crippen molar-refractivity contribution in [2.24, 2.45) is 0 Å². The first-order valence-corrected chi connectivity index (χ1v) is 6.90. The minimum atomic E-state index is -0.368. The fraction of sp³-hybridized carbons (Fsp3) is 0.0769. The molecule has 0 aliphatic heterocycles. The van der Waals surface area contributed by atoms with Gasteiger partial charge in [0.2, 0.25) is 0 Å². The quantitative estimate of drug-likeness (QED) is 0.708. The Labute approximate surface area is 127 Å². The summed E-state index contributed by atoms with van der Waals surface area (Å²) >= 11 is 8.68. The number of fused-ring (bicyclic) bond motifs is 1. The summed E-state index contributed by atoms with van der Waals surface area (Å²) in [7, 11) is 1.49. The number of aromatic amines is 1. The van der Waals surface area contributed by atoms with Crippen LogP contribution in [0.15, 0.2) is 34.9 Å². The normalized spacial score (nSPS) is 10.9. The molecule has 2 heterocycles. The van der Waals surface area contributed by atoms with Crippen LogP contribution in [0.5, 0.6) is 5.75 Å². The zero-order chi connectivity index (χ0) is 14.3. The zero-order valence-electron chi connectivity index (χ0n) is 10.4. The van der Waals surface area contributed by atoms with E-state index in [9.17, 15) is 4.39 Å². The van der Waals surface area contributed by atoms with Gasteiger partial charge in [0.25, 0.3) is 0 Å². The van der Waals surface area contributed by atoms with Gasteiger partial charge in [-0.05, 0) is 46.3 Å². The molecule has 0 saturated heterocycles. The molecule has 0 amide bonds. The highest BCUT2D eigenvalue weighted by molar-refractivity contribution is 9.10. The van der Waals surface area contributed by atoms with Gasteiger partial charge >= 0.3 is 0 Å². The van der Waals surface area contributed by atoms with Crippen molar-refractivity contribution in [3.05, 3.63) is 45.5 Å². The molecule has 0 saturated carbocycles. The second-order valence-corrected chi connectivity index (χ2v) is 5.41. The molecule has 0 fully saturated rings. The molecule has 4 nitrogen and oxygen atoms in total. The summed E-state index contributed by atoms with van der Waals surface area (Å²) in [6.07, 6.45) is 1.68. The van der Waals surface area contributed by atoms with Crippen molar-refractivity contribution >= 4 is 39.3 Å². The molecule has 0 spiro atoms. The van der Waals surface area contributed by atoms with E-state index in [2.05, 4.69) is 25.9 Å². The van der Waals surface area contributed by atoms with Crippen LogP contribution >= 0.6 is 28.1 Å². The SMILES string of the molecule is COc1cc(F)ccc1-n1c(=S)[nH]c2cc(Br)cnc21. The average molecular weight is 354 g/mol. The third-order valence-corrected chi connectivity index (χ3v) is 3.59. The molecule has 0 aliphatic carbocycles. The van der Waals surface area contributed by atoms with Gasteiger partial charge in [-0.3, -0.25) is 4.57 Å². The third kappa shape index (κ3) is 2.12. The van der Waals surface area contributed by atoms with E-state index >= 15 is 0 Å². The third-order valence-electron chi connectivity index (χ3n) is 2.87. The number of rotatable bonds is 2. The summed E-state index contributed by atoms with van der Waals surface area (Å²) in [5.74, 6) is 0.0272. The molecule has 3 aromatic rings. The molecule has 2 aromatic heterocycles. The number of nitrogens with zero attached hydrogens (tertiary/aromatic N) is 2. The molecule has 102 valence electrons. The molecular weight excluding hydrogens is 345 g/mol. The Morgan fingerprint density at radius 3 is 2.95 bits per heavy atom. The highest BCUT2D eigenvalue weighted by Gasteiger charge is 2.13. The van der Waals surface area contributed by atoms with E-state index in [-0.39, 0.29) is 5.82 Å². The lowest BCUT2D eigenvalue weighted by Gasteiger charge is -2.09. The Morgan fingerprint density at radius 1 is 1.40 bits per heavy atom. The Bertz CT molecular complexity index is 858. The molecular formula is C13H9BrFN3OS. The Balaban J connectivity index is 2.35. The number of imidazole rings is 1. The van der Waals surface area contributed by atoms with Crippen molar-refractivity contribution in [1.29, 1.82) is 0 Å².